The van der Waals surface area contributed by atoms with Crippen LogP contribution in [0.3, 0.4) is 0 Å². The van der Waals surface area contributed by atoms with Crippen LogP contribution in [0.4, 0.5) is 10.1 Å². The molecule has 6 heteroatoms. The predicted molar refractivity (Wildman–Crippen MR) is 97.3 cm³/mol. The molecule has 1 aromatic heterocycles. The Morgan fingerprint density at radius 2 is 1.96 bits per heavy atom. The molecule has 26 heavy (non-hydrogen) atoms. The van der Waals surface area contributed by atoms with Gasteiger partial charge in [-0.15, -0.1) is 0 Å². The number of aromatic nitrogens is 2. The number of carbonyl (C=O) groups excluding carboxylic acids is 1. The van der Waals surface area contributed by atoms with Crippen LogP contribution in [-0.2, 0) is 11.2 Å². The number of nitrogens with zero attached hydrogens (tertiary/aromatic N) is 3. The van der Waals surface area contributed by atoms with Crippen LogP contribution in [0.1, 0.15) is 23.4 Å². The topological polar surface area (TPSA) is 59.2 Å². The summed E-state index contributed by atoms with van der Waals surface area (Å²) >= 11 is 0. The summed E-state index contributed by atoms with van der Waals surface area (Å²) in [5.74, 6) is 0.0364. The van der Waals surface area contributed by atoms with Crippen LogP contribution in [0.25, 0.3) is 11.4 Å². The van der Waals surface area contributed by atoms with E-state index in [4.69, 9.17) is 4.52 Å². The number of hydrogen-bond acceptors (Lipinski definition) is 4. The summed E-state index contributed by atoms with van der Waals surface area (Å²) in [6.07, 6.45) is 0.526. The van der Waals surface area contributed by atoms with Crippen LogP contribution in [0.2, 0.25) is 0 Å². The van der Waals surface area contributed by atoms with Crippen LogP contribution in [-0.4, -0.2) is 23.1 Å². The monoisotopic (exact) mass is 353 g/mol. The molecule has 0 fully saturated rings. The van der Waals surface area contributed by atoms with Gasteiger partial charge in [-0.2, -0.15) is 4.98 Å². The first-order chi connectivity index (χ1) is 12.5. The van der Waals surface area contributed by atoms with Gasteiger partial charge in [-0.05, 0) is 43.2 Å². The number of aryl methyl sites for hydroxylation is 3. The molecule has 0 saturated heterocycles. The third kappa shape index (κ3) is 3.79. The smallest absolute Gasteiger partial charge is 0.227 e. The summed E-state index contributed by atoms with van der Waals surface area (Å²) < 4.78 is 18.9. The van der Waals surface area contributed by atoms with Crippen molar-refractivity contribution in [3.05, 3.63) is 65.3 Å². The fourth-order valence-corrected chi connectivity index (χ4v) is 2.71. The Morgan fingerprint density at radius 1 is 1.19 bits per heavy atom. The number of halogens is 1. The number of hydrogen-bond donors (Lipinski definition) is 0. The summed E-state index contributed by atoms with van der Waals surface area (Å²) in [6, 6.07) is 12.2. The fraction of sp³-hybridized carbons (Fsp3) is 0.250. The normalized spacial score (nSPS) is 10.8. The lowest BCUT2D eigenvalue weighted by atomic mass is 10.1. The van der Waals surface area contributed by atoms with Crippen molar-refractivity contribution >= 4 is 11.6 Å². The molecule has 0 aliphatic heterocycles. The van der Waals surface area contributed by atoms with Crippen molar-refractivity contribution in [3.63, 3.8) is 0 Å². The van der Waals surface area contributed by atoms with Gasteiger partial charge in [0.25, 0.3) is 0 Å². The van der Waals surface area contributed by atoms with Crippen molar-refractivity contribution in [1.82, 2.24) is 10.1 Å². The Kier molecular flexibility index (Phi) is 5.11. The Labute approximate surface area is 151 Å². The van der Waals surface area contributed by atoms with E-state index in [0.717, 1.165) is 16.8 Å². The minimum Gasteiger partial charge on any atom is -0.339 e. The van der Waals surface area contributed by atoms with Crippen LogP contribution in [0.15, 0.2) is 47.0 Å². The first kappa shape index (κ1) is 17.8. The van der Waals surface area contributed by atoms with Gasteiger partial charge in [0.15, 0.2) is 0 Å². The van der Waals surface area contributed by atoms with Crippen LogP contribution in [0, 0.1) is 19.7 Å². The van der Waals surface area contributed by atoms with E-state index in [1.54, 1.807) is 30.1 Å². The molecule has 2 aromatic carbocycles. The van der Waals surface area contributed by atoms with Gasteiger partial charge in [0.05, 0.1) is 5.56 Å². The van der Waals surface area contributed by atoms with Crippen molar-refractivity contribution < 1.29 is 13.7 Å². The van der Waals surface area contributed by atoms with Crippen LogP contribution >= 0.6 is 0 Å². The number of amides is 1. The third-order valence-electron chi connectivity index (χ3n) is 4.24. The highest BCUT2D eigenvalue weighted by molar-refractivity contribution is 5.93. The standard InChI is InChI=1S/C20H20FN3O2/c1-13-8-9-14(2)17(12-13)24(3)19(25)11-10-18-22-20(23-26-18)15-6-4-5-7-16(15)21/h4-9,12H,10-11H2,1-3H3. The number of benzene rings is 2. The van der Waals surface area contributed by atoms with E-state index in [1.807, 2.05) is 32.0 Å². The lowest BCUT2D eigenvalue weighted by molar-refractivity contribution is -0.118. The zero-order valence-electron chi connectivity index (χ0n) is 15.0. The lowest BCUT2D eigenvalue weighted by Crippen LogP contribution is -2.27. The van der Waals surface area contributed by atoms with E-state index in [1.165, 1.54) is 6.07 Å². The van der Waals surface area contributed by atoms with E-state index < -0.39 is 5.82 Å². The molecule has 0 aliphatic rings. The van der Waals surface area contributed by atoms with E-state index in [0.29, 0.717) is 12.3 Å². The van der Waals surface area contributed by atoms with Crippen molar-refractivity contribution in [2.45, 2.75) is 26.7 Å². The molecule has 0 bridgehead atoms. The minimum atomic E-state index is -0.411. The van der Waals surface area contributed by atoms with Crippen molar-refractivity contribution in [2.24, 2.45) is 0 Å². The molecule has 0 unspecified atom stereocenters. The molecule has 0 N–H and O–H groups in total. The molecule has 0 spiro atoms. The summed E-state index contributed by atoms with van der Waals surface area (Å²) in [7, 11) is 1.75. The molecule has 3 rings (SSSR count). The summed E-state index contributed by atoms with van der Waals surface area (Å²) in [4.78, 5) is 18.3. The fourth-order valence-electron chi connectivity index (χ4n) is 2.71. The summed E-state index contributed by atoms with van der Waals surface area (Å²) in [6.45, 7) is 3.96. The number of rotatable bonds is 5. The predicted octanol–water partition coefficient (Wildman–Crippen LogP) is 4.09. The Bertz CT molecular complexity index is 936. The lowest BCUT2D eigenvalue weighted by Gasteiger charge is -2.19. The SMILES string of the molecule is Cc1ccc(C)c(N(C)C(=O)CCc2nc(-c3ccccc3F)no2)c1. The maximum absolute atomic E-state index is 13.8. The first-order valence-corrected chi connectivity index (χ1v) is 8.37. The average Bonchev–Trinajstić information content (AvgIpc) is 3.10. The number of anilines is 1. The Morgan fingerprint density at radius 3 is 2.73 bits per heavy atom. The largest absolute Gasteiger partial charge is 0.339 e. The van der Waals surface area contributed by atoms with Crippen LogP contribution < -0.4 is 4.90 Å². The maximum atomic E-state index is 13.8. The molecule has 5 nitrogen and oxygen atoms in total. The average molecular weight is 353 g/mol. The quantitative estimate of drug-likeness (QED) is 0.693. The van der Waals surface area contributed by atoms with Gasteiger partial charge in [-0.25, -0.2) is 4.39 Å². The van der Waals surface area contributed by atoms with Gasteiger partial charge < -0.3 is 9.42 Å². The second kappa shape index (κ2) is 7.47. The molecule has 3 aromatic rings. The van der Waals surface area contributed by atoms with Gasteiger partial charge in [-0.1, -0.05) is 29.4 Å². The van der Waals surface area contributed by atoms with Crippen molar-refractivity contribution in [2.75, 3.05) is 11.9 Å². The highest BCUT2D eigenvalue weighted by atomic mass is 19.1. The molecule has 0 saturated carbocycles. The molecular formula is C20H20FN3O2. The van der Waals surface area contributed by atoms with Gasteiger partial charge in [0.1, 0.15) is 5.82 Å². The zero-order chi connectivity index (χ0) is 18.7. The van der Waals surface area contributed by atoms with Gasteiger partial charge in [0, 0.05) is 25.6 Å². The second-order valence-corrected chi connectivity index (χ2v) is 6.23. The molecular weight excluding hydrogens is 333 g/mol. The molecule has 134 valence electrons. The zero-order valence-corrected chi connectivity index (χ0v) is 15.0. The highest BCUT2D eigenvalue weighted by Gasteiger charge is 2.16. The Hall–Kier alpha value is -3.02. The van der Waals surface area contributed by atoms with Crippen molar-refractivity contribution in [1.29, 1.82) is 0 Å². The maximum Gasteiger partial charge on any atom is 0.227 e. The van der Waals surface area contributed by atoms with Gasteiger partial charge in [0.2, 0.25) is 17.6 Å². The van der Waals surface area contributed by atoms with Gasteiger partial charge >= 0.3 is 0 Å². The molecule has 1 amide bonds. The van der Waals surface area contributed by atoms with Crippen LogP contribution in [0.5, 0.6) is 0 Å². The van der Waals surface area contributed by atoms with E-state index in [2.05, 4.69) is 10.1 Å². The number of carbonyl (C=O) groups is 1. The third-order valence-corrected chi connectivity index (χ3v) is 4.24. The second-order valence-electron chi connectivity index (χ2n) is 6.23. The highest BCUT2D eigenvalue weighted by Crippen LogP contribution is 2.22. The molecule has 0 radical (unpaired) electrons. The molecule has 1 heterocycles. The summed E-state index contributed by atoms with van der Waals surface area (Å²) in [5, 5.41) is 3.80. The van der Waals surface area contributed by atoms with Crippen molar-refractivity contribution in [3.8, 4) is 11.4 Å². The Balaban J connectivity index is 1.67. The molecule has 0 aliphatic carbocycles. The van der Waals surface area contributed by atoms with Gasteiger partial charge in [-0.3, -0.25) is 4.79 Å². The van der Waals surface area contributed by atoms with E-state index in [-0.39, 0.29) is 23.7 Å². The first-order valence-electron chi connectivity index (χ1n) is 8.37. The molecule has 0 atom stereocenters. The summed E-state index contributed by atoms with van der Waals surface area (Å²) in [5.41, 5.74) is 3.29. The van der Waals surface area contributed by atoms with E-state index >= 15 is 0 Å². The van der Waals surface area contributed by atoms with E-state index in [9.17, 15) is 9.18 Å². The minimum absolute atomic E-state index is 0.0515.